The van der Waals surface area contributed by atoms with Crippen molar-refractivity contribution in [2.24, 2.45) is 10.1 Å². The standard InChI is InChI=1S/C19H19BrN4O2S/c1-2-3-4-10-27-19-22-18(25)16-13-11-12(20)7-8-14(13)21-17(24(16)23-19)15-6-5-9-26-15/h5-9,11,17H,2-4,10H2,1H3,(H,22,23,25). The molecule has 1 unspecified atom stereocenters. The molecule has 0 fully saturated rings. The molecule has 0 spiro atoms. The van der Waals surface area contributed by atoms with Crippen LogP contribution < -0.4 is 15.9 Å². The highest BCUT2D eigenvalue weighted by molar-refractivity contribution is 9.10. The van der Waals surface area contributed by atoms with E-state index < -0.39 is 6.17 Å². The van der Waals surface area contributed by atoms with Crippen LogP contribution in [0.25, 0.3) is 5.70 Å². The first-order valence-corrected chi connectivity index (χ1v) is 10.7. The monoisotopic (exact) mass is 446 g/mol. The summed E-state index contributed by atoms with van der Waals surface area (Å²) >= 11 is 5.04. The van der Waals surface area contributed by atoms with Crippen LogP contribution in [0.2, 0.25) is 0 Å². The van der Waals surface area contributed by atoms with Crippen molar-refractivity contribution in [1.29, 1.82) is 0 Å². The van der Waals surface area contributed by atoms with E-state index in [1.807, 2.05) is 30.3 Å². The number of hydrogen-bond acceptors (Lipinski definition) is 6. The number of amidine groups is 1. The number of hydrazone groups is 1. The lowest BCUT2D eigenvalue weighted by molar-refractivity contribution is -0.116. The van der Waals surface area contributed by atoms with E-state index in [9.17, 15) is 4.79 Å². The zero-order valence-corrected chi connectivity index (χ0v) is 17.2. The van der Waals surface area contributed by atoms with Gasteiger partial charge in [0.05, 0.1) is 11.6 Å². The fraction of sp³-hybridized carbons (Fsp3) is 0.316. The van der Waals surface area contributed by atoms with Crippen LogP contribution in [0.1, 0.15) is 38.1 Å². The van der Waals surface area contributed by atoms with E-state index in [1.54, 1.807) is 23.0 Å². The lowest BCUT2D eigenvalue weighted by atomic mass is 10.1. The van der Waals surface area contributed by atoms with Gasteiger partial charge in [0.15, 0.2) is 5.17 Å². The smallest absolute Gasteiger partial charge is 0.276 e. The van der Waals surface area contributed by atoms with Crippen LogP contribution in [-0.4, -0.2) is 21.8 Å². The van der Waals surface area contributed by atoms with Gasteiger partial charge in [-0.15, -0.1) is 5.10 Å². The van der Waals surface area contributed by atoms with Gasteiger partial charge < -0.3 is 4.42 Å². The third-order valence-corrected chi connectivity index (χ3v) is 5.80. The average Bonchev–Trinajstić information content (AvgIpc) is 3.19. The van der Waals surface area contributed by atoms with Crippen molar-refractivity contribution in [2.45, 2.75) is 32.4 Å². The van der Waals surface area contributed by atoms with Crippen molar-refractivity contribution in [3.63, 3.8) is 0 Å². The number of furan rings is 1. The molecule has 27 heavy (non-hydrogen) atoms. The van der Waals surface area contributed by atoms with Gasteiger partial charge in [-0.2, -0.15) is 0 Å². The average molecular weight is 447 g/mol. The Hall–Kier alpha value is -2.06. The van der Waals surface area contributed by atoms with Crippen molar-refractivity contribution in [3.05, 3.63) is 57.4 Å². The second kappa shape index (κ2) is 7.90. The van der Waals surface area contributed by atoms with Crippen LogP contribution in [0.5, 0.6) is 0 Å². The predicted molar refractivity (Wildman–Crippen MR) is 109 cm³/mol. The maximum Gasteiger partial charge on any atom is 0.276 e. The number of hydrogen-bond donors (Lipinski definition) is 1. The fourth-order valence-corrected chi connectivity index (χ4v) is 4.27. The summed E-state index contributed by atoms with van der Waals surface area (Å²) in [4.78, 5) is 17.7. The molecular formula is C19H19BrN4O2S. The Morgan fingerprint density at radius 2 is 2.22 bits per heavy atom. The van der Waals surface area contributed by atoms with E-state index in [1.165, 1.54) is 6.42 Å². The van der Waals surface area contributed by atoms with E-state index in [2.05, 4.69) is 28.2 Å². The molecule has 0 saturated carbocycles. The zero-order valence-electron chi connectivity index (χ0n) is 14.8. The normalized spacial score (nSPS) is 18.4. The number of rotatable bonds is 5. The van der Waals surface area contributed by atoms with Gasteiger partial charge in [-0.05, 0) is 36.8 Å². The highest BCUT2D eigenvalue weighted by atomic mass is 79.9. The molecular weight excluding hydrogens is 428 g/mol. The number of carbonyl (C=O) groups excluding carboxylic acids is 1. The number of amides is 1. The van der Waals surface area contributed by atoms with E-state index in [0.29, 0.717) is 16.6 Å². The third kappa shape index (κ3) is 3.68. The summed E-state index contributed by atoms with van der Waals surface area (Å²) in [5.74, 6) is 1.39. The molecule has 2 aromatic rings. The van der Waals surface area contributed by atoms with Gasteiger partial charge in [0.2, 0.25) is 6.17 Å². The van der Waals surface area contributed by atoms with Gasteiger partial charge >= 0.3 is 0 Å². The SMILES string of the molecule is CCCCCSC1=NN2C(=c3cc(Br)ccc3=NC2c2ccco2)C(=O)N1. The molecule has 8 heteroatoms. The molecule has 1 aromatic heterocycles. The molecule has 3 heterocycles. The second-order valence-corrected chi connectivity index (χ2v) is 8.29. The Balaban J connectivity index is 1.78. The summed E-state index contributed by atoms with van der Waals surface area (Å²) in [5, 5.41) is 11.4. The first kappa shape index (κ1) is 18.3. The molecule has 0 aliphatic carbocycles. The molecule has 6 nitrogen and oxygen atoms in total. The number of nitrogens with one attached hydrogen (secondary N) is 1. The van der Waals surface area contributed by atoms with E-state index in [0.717, 1.165) is 33.6 Å². The molecule has 140 valence electrons. The lowest BCUT2D eigenvalue weighted by Gasteiger charge is -2.32. The van der Waals surface area contributed by atoms with E-state index >= 15 is 0 Å². The number of benzene rings is 1. The highest BCUT2D eigenvalue weighted by Gasteiger charge is 2.35. The lowest BCUT2D eigenvalue weighted by Crippen LogP contribution is -2.50. The summed E-state index contributed by atoms with van der Waals surface area (Å²) in [7, 11) is 0. The Morgan fingerprint density at radius 1 is 1.33 bits per heavy atom. The van der Waals surface area contributed by atoms with Crippen molar-refractivity contribution in [1.82, 2.24) is 10.3 Å². The largest absolute Gasteiger partial charge is 0.465 e. The Morgan fingerprint density at radius 3 is 3.00 bits per heavy atom. The van der Waals surface area contributed by atoms with Gasteiger partial charge in [-0.1, -0.05) is 47.5 Å². The molecule has 2 aliphatic heterocycles. The molecule has 2 aliphatic rings. The summed E-state index contributed by atoms with van der Waals surface area (Å²) < 4.78 is 6.46. The summed E-state index contributed by atoms with van der Waals surface area (Å²) in [6.45, 7) is 2.17. The first-order valence-electron chi connectivity index (χ1n) is 8.90. The Labute approximate surface area is 169 Å². The van der Waals surface area contributed by atoms with Gasteiger partial charge in [0, 0.05) is 15.4 Å². The van der Waals surface area contributed by atoms with Gasteiger partial charge in [-0.25, -0.2) is 10.0 Å². The van der Waals surface area contributed by atoms with Crippen LogP contribution in [0.15, 0.2) is 55.6 Å². The van der Waals surface area contributed by atoms with Crippen molar-refractivity contribution in [2.75, 3.05) is 5.75 Å². The third-order valence-electron chi connectivity index (χ3n) is 4.35. The van der Waals surface area contributed by atoms with Crippen LogP contribution >= 0.6 is 27.7 Å². The van der Waals surface area contributed by atoms with Crippen LogP contribution in [0.4, 0.5) is 0 Å². The zero-order chi connectivity index (χ0) is 18.8. The quantitative estimate of drug-likeness (QED) is 0.716. The molecule has 1 aromatic carbocycles. The minimum atomic E-state index is -0.499. The summed E-state index contributed by atoms with van der Waals surface area (Å²) in [6.07, 6.45) is 4.53. The number of fused-ring (bicyclic) bond motifs is 2. The minimum Gasteiger partial charge on any atom is -0.465 e. The topological polar surface area (TPSA) is 70.2 Å². The number of unbranched alkanes of at least 4 members (excludes halogenated alkanes) is 2. The number of thioether (sulfide) groups is 1. The maximum absolute atomic E-state index is 12.9. The van der Waals surface area contributed by atoms with Crippen LogP contribution in [-0.2, 0) is 4.79 Å². The molecule has 0 radical (unpaired) electrons. The molecule has 0 bridgehead atoms. The van der Waals surface area contributed by atoms with Gasteiger partial charge in [0.25, 0.3) is 5.91 Å². The predicted octanol–water partition coefficient (Wildman–Crippen LogP) is 3.11. The number of carbonyl (C=O) groups is 1. The second-order valence-electron chi connectivity index (χ2n) is 6.29. The maximum atomic E-state index is 12.9. The number of halogens is 1. The van der Waals surface area contributed by atoms with E-state index in [-0.39, 0.29) is 5.91 Å². The molecule has 1 atom stereocenters. The van der Waals surface area contributed by atoms with Gasteiger partial charge in [0.1, 0.15) is 11.5 Å². The van der Waals surface area contributed by atoms with Crippen LogP contribution in [0, 0.1) is 0 Å². The minimum absolute atomic E-state index is 0.172. The number of nitrogens with zero attached hydrogens (tertiary/aromatic N) is 3. The van der Waals surface area contributed by atoms with Gasteiger partial charge in [-0.3, -0.25) is 10.1 Å². The van der Waals surface area contributed by atoms with Crippen molar-refractivity contribution >= 4 is 44.5 Å². The highest BCUT2D eigenvalue weighted by Crippen LogP contribution is 2.31. The van der Waals surface area contributed by atoms with Crippen molar-refractivity contribution in [3.8, 4) is 0 Å². The molecule has 4 rings (SSSR count). The molecule has 1 N–H and O–H groups in total. The fourth-order valence-electron chi connectivity index (χ4n) is 3.06. The summed E-state index contributed by atoms with van der Waals surface area (Å²) in [5.41, 5.74) is 0.487. The first-order chi connectivity index (χ1) is 13.2. The van der Waals surface area contributed by atoms with Crippen molar-refractivity contribution < 1.29 is 9.21 Å². The summed E-state index contributed by atoms with van der Waals surface area (Å²) in [6, 6.07) is 9.37. The Kier molecular flexibility index (Phi) is 5.36. The van der Waals surface area contributed by atoms with E-state index in [4.69, 9.17) is 14.5 Å². The molecule has 1 amide bonds. The van der Waals surface area contributed by atoms with Crippen LogP contribution in [0.3, 0.4) is 0 Å². The Bertz CT molecular complexity index is 1000. The molecule has 0 saturated heterocycles.